The van der Waals surface area contributed by atoms with Crippen molar-refractivity contribution in [2.45, 2.75) is 32.4 Å². The first-order valence-corrected chi connectivity index (χ1v) is 4.69. The maximum atomic E-state index is 11.0. The number of nitrogens with two attached hydrogens (primary N) is 1. The molecule has 4 nitrogen and oxygen atoms in total. The van der Waals surface area contributed by atoms with E-state index < -0.39 is 0 Å². The highest BCUT2D eigenvalue weighted by Gasteiger charge is 2.29. The van der Waals surface area contributed by atoms with E-state index in [1.54, 1.807) is 0 Å². The van der Waals surface area contributed by atoms with E-state index >= 15 is 0 Å². The zero-order valence-electron chi connectivity index (χ0n) is 8.63. The lowest BCUT2D eigenvalue weighted by Crippen LogP contribution is -2.60. The molecule has 0 spiro atoms. The van der Waals surface area contributed by atoms with Gasteiger partial charge in [0, 0.05) is 25.2 Å². The smallest absolute Gasteiger partial charge is 0.235 e. The van der Waals surface area contributed by atoms with Crippen LogP contribution in [0.1, 0.15) is 20.8 Å². The number of amides is 1. The molecule has 0 aliphatic carbocycles. The van der Waals surface area contributed by atoms with Crippen LogP contribution in [0.3, 0.4) is 0 Å². The van der Waals surface area contributed by atoms with Crippen molar-refractivity contribution < 1.29 is 4.79 Å². The van der Waals surface area contributed by atoms with Crippen LogP contribution in [-0.4, -0.2) is 42.0 Å². The number of hydrogen-bond donors (Lipinski definition) is 2. The Bertz CT molecular complexity index is 198. The molecule has 1 fully saturated rings. The molecule has 0 aromatic rings. The lowest BCUT2D eigenvalue weighted by atomic mass is 10.0. The molecule has 3 N–H and O–H groups in total. The van der Waals surface area contributed by atoms with Gasteiger partial charge in [0.1, 0.15) is 0 Å². The molecule has 1 heterocycles. The summed E-state index contributed by atoms with van der Waals surface area (Å²) in [4.78, 5) is 13.2. The number of hydrogen-bond acceptors (Lipinski definition) is 3. The Morgan fingerprint density at radius 3 is 2.62 bits per heavy atom. The third kappa shape index (κ3) is 2.67. The van der Waals surface area contributed by atoms with E-state index in [2.05, 4.69) is 31.0 Å². The van der Waals surface area contributed by atoms with Gasteiger partial charge in [-0.25, -0.2) is 0 Å². The second kappa shape index (κ2) is 3.64. The quantitative estimate of drug-likeness (QED) is 0.581. The number of nitrogens with zero attached hydrogens (tertiary/aromatic N) is 1. The average molecular weight is 185 g/mol. The zero-order valence-corrected chi connectivity index (χ0v) is 8.63. The van der Waals surface area contributed by atoms with Crippen LogP contribution in [0.5, 0.6) is 0 Å². The number of carbonyl (C=O) groups is 1. The molecule has 1 atom stereocenters. The summed E-state index contributed by atoms with van der Waals surface area (Å²) in [6, 6.07) is -0.187. The van der Waals surface area contributed by atoms with E-state index in [1.165, 1.54) is 0 Å². The monoisotopic (exact) mass is 185 g/mol. The molecule has 4 heteroatoms. The predicted octanol–water partition coefficient (Wildman–Crippen LogP) is -0.456. The van der Waals surface area contributed by atoms with E-state index in [0.717, 1.165) is 19.6 Å². The van der Waals surface area contributed by atoms with Crippen LogP contribution in [0.4, 0.5) is 0 Å². The van der Waals surface area contributed by atoms with E-state index in [4.69, 9.17) is 5.73 Å². The van der Waals surface area contributed by atoms with Crippen molar-refractivity contribution >= 4 is 5.91 Å². The van der Waals surface area contributed by atoms with E-state index in [0.29, 0.717) is 0 Å². The minimum atomic E-state index is -0.256. The molecule has 76 valence electrons. The minimum absolute atomic E-state index is 0.121. The van der Waals surface area contributed by atoms with Gasteiger partial charge in [0.15, 0.2) is 0 Å². The molecular formula is C9H19N3O. The number of primary amides is 1. The lowest BCUT2D eigenvalue weighted by Gasteiger charge is -2.41. The fourth-order valence-corrected chi connectivity index (χ4v) is 1.55. The SMILES string of the molecule is CC(C)(C)N1CCN[C@@H](C(N)=O)C1. The molecule has 1 aliphatic rings. The van der Waals surface area contributed by atoms with Gasteiger partial charge in [0.05, 0.1) is 6.04 Å². The van der Waals surface area contributed by atoms with Gasteiger partial charge in [-0.2, -0.15) is 0 Å². The Balaban J connectivity index is 2.57. The minimum Gasteiger partial charge on any atom is -0.368 e. The number of piperazine rings is 1. The molecule has 1 rings (SSSR count). The van der Waals surface area contributed by atoms with Gasteiger partial charge < -0.3 is 11.1 Å². The summed E-state index contributed by atoms with van der Waals surface area (Å²) in [6.07, 6.45) is 0. The van der Waals surface area contributed by atoms with Crippen molar-refractivity contribution in [3.8, 4) is 0 Å². The van der Waals surface area contributed by atoms with Crippen LogP contribution in [0.15, 0.2) is 0 Å². The first-order chi connectivity index (χ1) is 5.91. The van der Waals surface area contributed by atoms with Crippen molar-refractivity contribution in [3.63, 3.8) is 0 Å². The fraction of sp³-hybridized carbons (Fsp3) is 0.889. The Morgan fingerprint density at radius 2 is 2.15 bits per heavy atom. The van der Waals surface area contributed by atoms with Crippen LogP contribution in [0.2, 0.25) is 0 Å². The summed E-state index contributed by atoms with van der Waals surface area (Å²) < 4.78 is 0. The summed E-state index contributed by atoms with van der Waals surface area (Å²) in [7, 11) is 0. The van der Waals surface area contributed by atoms with Crippen molar-refractivity contribution in [1.82, 2.24) is 10.2 Å². The largest absolute Gasteiger partial charge is 0.368 e. The fourth-order valence-electron chi connectivity index (χ4n) is 1.55. The summed E-state index contributed by atoms with van der Waals surface area (Å²) in [5, 5.41) is 3.10. The van der Waals surface area contributed by atoms with E-state index in [9.17, 15) is 4.79 Å². The molecule has 0 aromatic carbocycles. The molecule has 0 radical (unpaired) electrons. The maximum Gasteiger partial charge on any atom is 0.235 e. The normalized spacial score (nSPS) is 25.9. The first-order valence-electron chi connectivity index (χ1n) is 4.69. The van der Waals surface area contributed by atoms with E-state index in [1.807, 2.05) is 0 Å². The molecule has 0 saturated carbocycles. The van der Waals surface area contributed by atoms with Crippen molar-refractivity contribution in [2.24, 2.45) is 5.73 Å². The summed E-state index contributed by atoms with van der Waals surface area (Å²) in [5.41, 5.74) is 5.37. The third-order valence-corrected chi connectivity index (χ3v) is 2.47. The molecule has 0 bridgehead atoms. The highest BCUT2D eigenvalue weighted by Crippen LogP contribution is 2.14. The molecular weight excluding hydrogens is 166 g/mol. The van der Waals surface area contributed by atoms with Gasteiger partial charge in [-0.15, -0.1) is 0 Å². The second-order valence-corrected chi connectivity index (χ2v) is 4.53. The summed E-state index contributed by atoms with van der Waals surface area (Å²) >= 11 is 0. The van der Waals surface area contributed by atoms with Crippen LogP contribution in [0.25, 0.3) is 0 Å². The second-order valence-electron chi connectivity index (χ2n) is 4.53. The highest BCUT2D eigenvalue weighted by molar-refractivity contribution is 5.80. The van der Waals surface area contributed by atoms with Gasteiger partial charge in [-0.3, -0.25) is 9.69 Å². The van der Waals surface area contributed by atoms with Crippen molar-refractivity contribution in [2.75, 3.05) is 19.6 Å². The Morgan fingerprint density at radius 1 is 1.54 bits per heavy atom. The molecule has 1 saturated heterocycles. The van der Waals surface area contributed by atoms with Crippen LogP contribution in [0, 0.1) is 0 Å². The maximum absolute atomic E-state index is 11.0. The average Bonchev–Trinajstić information content (AvgIpc) is 2.03. The molecule has 1 aliphatic heterocycles. The number of nitrogens with one attached hydrogen (secondary N) is 1. The molecule has 1 amide bonds. The number of carbonyl (C=O) groups excluding carboxylic acids is 1. The van der Waals surface area contributed by atoms with Crippen LogP contribution in [-0.2, 0) is 4.79 Å². The zero-order chi connectivity index (χ0) is 10.1. The Hall–Kier alpha value is -0.610. The third-order valence-electron chi connectivity index (χ3n) is 2.47. The predicted molar refractivity (Wildman–Crippen MR) is 52.3 cm³/mol. The molecule has 13 heavy (non-hydrogen) atoms. The van der Waals surface area contributed by atoms with Crippen LogP contribution < -0.4 is 11.1 Å². The standard InChI is InChI=1S/C9H19N3O/c1-9(2,3)12-5-4-11-7(6-12)8(10)13/h7,11H,4-6H2,1-3H3,(H2,10,13)/t7-/m1/s1. The van der Waals surface area contributed by atoms with Gasteiger partial charge in [-0.1, -0.05) is 0 Å². The Kier molecular flexibility index (Phi) is 2.93. The van der Waals surface area contributed by atoms with Crippen molar-refractivity contribution in [1.29, 1.82) is 0 Å². The summed E-state index contributed by atoms with van der Waals surface area (Å²) in [6.45, 7) is 8.99. The summed E-state index contributed by atoms with van der Waals surface area (Å²) in [5.74, 6) is -0.256. The topological polar surface area (TPSA) is 58.4 Å². The van der Waals surface area contributed by atoms with Gasteiger partial charge >= 0.3 is 0 Å². The lowest BCUT2D eigenvalue weighted by molar-refractivity contribution is -0.121. The van der Waals surface area contributed by atoms with Gasteiger partial charge in [0.2, 0.25) is 5.91 Å². The molecule has 0 aromatic heterocycles. The van der Waals surface area contributed by atoms with Crippen LogP contribution >= 0.6 is 0 Å². The van der Waals surface area contributed by atoms with E-state index in [-0.39, 0.29) is 17.5 Å². The molecule has 0 unspecified atom stereocenters. The van der Waals surface area contributed by atoms with Gasteiger partial charge in [0.25, 0.3) is 0 Å². The highest BCUT2D eigenvalue weighted by atomic mass is 16.1. The van der Waals surface area contributed by atoms with Crippen molar-refractivity contribution in [3.05, 3.63) is 0 Å². The van der Waals surface area contributed by atoms with Gasteiger partial charge in [-0.05, 0) is 20.8 Å². The Labute approximate surface area is 79.5 Å². The number of rotatable bonds is 1. The first kappa shape index (κ1) is 10.5.